The number of hydrogen-bond donors (Lipinski definition) is 2. The third-order valence-corrected chi connectivity index (χ3v) is 7.09. The molecule has 2 fully saturated rings. The maximum Gasteiger partial charge on any atom is 0.190 e. The molecule has 2 aromatic carbocycles. The van der Waals surface area contributed by atoms with Crippen LogP contribution in [0, 0.1) is 18.8 Å². The molecule has 0 amide bonds. The molecule has 0 radical (unpaired) electrons. The molecule has 0 spiro atoms. The number of hydrogen-bond acceptors (Lipinski definition) is 3. The average Bonchev–Trinajstić information content (AvgIpc) is 3.32. The lowest BCUT2D eigenvalue weighted by Crippen LogP contribution is -2.43. The van der Waals surface area contributed by atoms with Gasteiger partial charge in [-0.3, -0.25) is 4.99 Å². The zero-order chi connectivity index (χ0) is 22.9. The molecule has 3 atom stereocenters. The zero-order valence-corrected chi connectivity index (χ0v) is 23.0. The van der Waals surface area contributed by atoms with Crippen LogP contribution < -0.4 is 10.6 Å². The van der Waals surface area contributed by atoms with E-state index in [1.807, 2.05) is 7.05 Å². The van der Waals surface area contributed by atoms with Gasteiger partial charge >= 0.3 is 0 Å². The third-order valence-electron chi connectivity index (χ3n) is 7.09. The Bertz CT molecular complexity index is 874. The number of guanidine groups is 1. The van der Waals surface area contributed by atoms with Gasteiger partial charge in [0.15, 0.2) is 5.96 Å². The molecular weight excluding hydrogens is 535 g/mol. The molecule has 186 valence electrons. The van der Waals surface area contributed by atoms with Crippen molar-refractivity contribution in [2.24, 2.45) is 16.8 Å². The maximum absolute atomic E-state index is 6.18. The molecule has 0 bridgehead atoms. The van der Waals surface area contributed by atoms with Gasteiger partial charge in [0.25, 0.3) is 0 Å². The Balaban J connectivity index is 0.00000324. The van der Waals surface area contributed by atoms with Gasteiger partial charge in [0, 0.05) is 45.8 Å². The van der Waals surface area contributed by atoms with E-state index in [1.54, 1.807) is 0 Å². The van der Waals surface area contributed by atoms with Gasteiger partial charge in [0.1, 0.15) is 0 Å². The summed E-state index contributed by atoms with van der Waals surface area (Å²) in [6.45, 7) is 8.36. The summed E-state index contributed by atoms with van der Waals surface area (Å²) in [5, 5.41) is 7.16. The first-order valence-electron chi connectivity index (χ1n) is 12.6. The molecule has 6 heteroatoms. The van der Waals surface area contributed by atoms with Crippen LogP contribution in [0.1, 0.15) is 42.1 Å². The van der Waals surface area contributed by atoms with Gasteiger partial charge in [-0.05, 0) is 56.2 Å². The Labute approximate surface area is 222 Å². The molecule has 2 aliphatic heterocycles. The number of aryl methyl sites for hydroxylation is 1. The minimum atomic E-state index is 0. The maximum atomic E-state index is 6.18. The first kappa shape index (κ1) is 27.0. The number of nitrogens with one attached hydrogen (secondary N) is 2. The lowest BCUT2D eigenvalue weighted by molar-refractivity contribution is -0.0265. The Hall–Kier alpha value is -1.64. The van der Waals surface area contributed by atoms with Gasteiger partial charge in [0.05, 0.1) is 6.10 Å². The first-order chi connectivity index (χ1) is 16.2. The number of likely N-dealkylation sites (tertiary alicyclic amines) is 1. The van der Waals surface area contributed by atoms with Crippen LogP contribution in [0.25, 0.3) is 0 Å². The monoisotopic (exact) mass is 576 g/mol. The summed E-state index contributed by atoms with van der Waals surface area (Å²) in [7, 11) is 1.87. The normalized spacial score (nSPS) is 23.4. The number of ether oxygens (including phenoxy) is 1. The summed E-state index contributed by atoms with van der Waals surface area (Å²) in [4.78, 5) is 7.08. The SMILES string of the molecule is CN=C(NCC1CCN(CCc2ccccc2)C1)NCC1CCCOC1c1ccc(C)cc1.I. The van der Waals surface area contributed by atoms with E-state index in [4.69, 9.17) is 4.74 Å². The molecule has 5 nitrogen and oxygen atoms in total. The van der Waals surface area contributed by atoms with Crippen molar-refractivity contribution in [3.8, 4) is 0 Å². The molecule has 2 aromatic rings. The highest BCUT2D eigenvalue weighted by atomic mass is 127. The van der Waals surface area contributed by atoms with Gasteiger partial charge < -0.3 is 20.3 Å². The lowest BCUT2D eigenvalue weighted by Gasteiger charge is -2.32. The molecule has 0 saturated carbocycles. The van der Waals surface area contributed by atoms with Crippen molar-refractivity contribution in [3.05, 3.63) is 71.3 Å². The molecule has 2 aliphatic rings. The van der Waals surface area contributed by atoms with Crippen LogP contribution in [0.5, 0.6) is 0 Å². The van der Waals surface area contributed by atoms with E-state index in [-0.39, 0.29) is 30.1 Å². The van der Waals surface area contributed by atoms with Gasteiger partial charge in [-0.15, -0.1) is 24.0 Å². The number of benzene rings is 2. The molecule has 0 aliphatic carbocycles. The molecule has 34 heavy (non-hydrogen) atoms. The quantitative estimate of drug-likeness (QED) is 0.269. The van der Waals surface area contributed by atoms with E-state index in [9.17, 15) is 0 Å². The summed E-state index contributed by atoms with van der Waals surface area (Å²) in [6, 6.07) is 19.6. The highest BCUT2D eigenvalue weighted by molar-refractivity contribution is 14.0. The van der Waals surface area contributed by atoms with Crippen LogP contribution in [0.4, 0.5) is 0 Å². The van der Waals surface area contributed by atoms with Crippen LogP contribution in [0.15, 0.2) is 59.6 Å². The van der Waals surface area contributed by atoms with Crippen LogP contribution in [0.2, 0.25) is 0 Å². The van der Waals surface area contributed by atoms with Gasteiger partial charge in [-0.1, -0.05) is 60.2 Å². The van der Waals surface area contributed by atoms with E-state index >= 15 is 0 Å². The number of aliphatic imine (C=N–C) groups is 1. The molecule has 2 heterocycles. The summed E-state index contributed by atoms with van der Waals surface area (Å²) in [5.74, 6) is 2.04. The Morgan fingerprint density at radius 3 is 2.56 bits per heavy atom. The highest BCUT2D eigenvalue weighted by Gasteiger charge is 2.28. The van der Waals surface area contributed by atoms with Crippen molar-refractivity contribution < 1.29 is 4.74 Å². The van der Waals surface area contributed by atoms with Gasteiger partial charge in [-0.25, -0.2) is 0 Å². The fourth-order valence-electron chi connectivity index (χ4n) is 5.08. The average molecular weight is 577 g/mol. The van der Waals surface area contributed by atoms with Crippen LogP contribution in [-0.2, 0) is 11.2 Å². The molecule has 2 saturated heterocycles. The number of halogens is 1. The fourth-order valence-corrected chi connectivity index (χ4v) is 5.08. The Morgan fingerprint density at radius 1 is 1.03 bits per heavy atom. The van der Waals surface area contributed by atoms with Crippen LogP contribution in [0.3, 0.4) is 0 Å². The topological polar surface area (TPSA) is 48.9 Å². The smallest absolute Gasteiger partial charge is 0.190 e. The summed E-state index contributed by atoms with van der Waals surface area (Å²) in [5.41, 5.74) is 4.01. The molecule has 2 N–H and O–H groups in total. The minimum Gasteiger partial charge on any atom is -0.373 e. The van der Waals surface area contributed by atoms with Crippen LogP contribution in [-0.4, -0.2) is 57.2 Å². The van der Waals surface area contributed by atoms with Gasteiger partial charge in [-0.2, -0.15) is 0 Å². The number of nitrogens with zero attached hydrogens (tertiary/aromatic N) is 2. The standard InChI is InChI=1S/C28H40N4O.HI/c1-22-10-12-25(13-11-22)27-26(9-6-18-33-27)20-31-28(29-2)30-19-24-15-17-32(21-24)16-14-23-7-4-3-5-8-23;/h3-5,7-8,10-13,24,26-27H,6,9,14-21H2,1-2H3,(H2,29,30,31);1H. The van der Waals surface area contributed by atoms with Crippen LogP contribution >= 0.6 is 24.0 Å². The number of rotatable bonds is 8. The van der Waals surface area contributed by atoms with Crippen molar-refractivity contribution in [2.45, 2.75) is 38.7 Å². The van der Waals surface area contributed by atoms with E-state index in [0.717, 1.165) is 45.0 Å². The van der Waals surface area contributed by atoms with E-state index in [1.165, 1.54) is 42.6 Å². The summed E-state index contributed by atoms with van der Waals surface area (Å²) in [6.07, 6.45) is 4.86. The van der Waals surface area contributed by atoms with Gasteiger partial charge in [0.2, 0.25) is 0 Å². The fraction of sp³-hybridized carbons (Fsp3) is 0.536. The van der Waals surface area contributed by atoms with E-state index in [0.29, 0.717) is 11.8 Å². The predicted octanol–water partition coefficient (Wildman–Crippen LogP) is 4.81. The highest BCUT2D eigenvalue weighted by Crippen LogP contribution is 2.33. The Kier molecular flexibility index (Phi) is 11.1. The second-order valence-electron chi connectivity index (χ2n) is 9.63. The van der Waals surface area contributed by atoms with Crippen molar-refractivity contribution in [1.29, 1.82) is 0 Å². The molecule has 3 unspecified atom stereocenters. The predicted molar refractivity (Wildman–Crippen MR) is 152 cm³/mol. The molecular formula is C28H41IN4O. The minimum absolute atomic E-state index is 0. The Morgan fingerprint density at radius 2 is 1.79 bits per heavy atom. The largest absolute Gasteiger partial charge is 0.373 e. The second kappa shape index (κ2) is 14.0. The lowest BCUT2D eigenvalue weighted by atomic mass is 9.89. The van der Waals surface area contributed by atoms with Crippen molar-refractivity contribution in [3.63, 3.8) is 0 Å². The summed E-state index contributed by atoms with van der Waals surface area (Å²) < 4.78 is 6.18. The third kappa shape index (κ3) is 7.95. The summed E-state index contributed by atoms with van der Waals surface area (Å²) >= 11 is 0. The zero-order valence-electron chi connectivity index (χ0n) is 20.7. The van der Waals surface area contributed by atoms with E-state index in [2.05, 4.69) is 82.0 Å². The second-order valence-corrected chi connectivity index (χ2v) is 9.63. The van der Waals surface area contributed by atoms with Crippen molar-refractivity contribution in [2.75, 3.05) is 46.4 Å². The molecule has 0 aromatic heterocycles. The first-order valence-corrected chi connectivity index (χ1v) is 12.6. The van der Waals surface area contributed by atoms with E-state index < -0.39 is 0 Å². The van der Waals surface area contributed by atoms with Crippen molar-refractivity contribution >= 4 is 29.9 Å². The molecule has 4 rings (SSSR count). The van der Waals surface area contributed by atoms with Crippen molar-refractivity contribution in [1.82, 2.24) is 15.5 Å².